The van der Waals surface area contributed by atoms with Crippen LogP contribution in [0.5, 0.6) is 0 Å². The van der Waals surface area contributed by atoms with Gasteiger partial charge in [-0.3, -0.25) is 0 Å². The molecule has 0 spiro atoms. The highest BCUT2D eigenvalue weighted by Crippen LogP contribution is 2.34. The minimum Gasteiger partial charge on any atom is -0.317 e. The van der Waals surface area contributed by atoms with Gasteiger partial charge in [-0.15, -0.1) is 0 Å². The average Bonchev–Trinajstić information content (AvgIpc) is 2.74. The first-order valence-corrected chi connectivity index (χ1v) is 8.82. The van der Waals surface area contributed by atoms with Gasteiger partial charge in [0.15, 0.2) is 0 Å². The van der Waals surface area contributed by atoms with Gasteiger partial charge in [0.05, 0.1) is 5.75 Å². The molecule has 0 radical (unpaired) electrons. The molecule has 17 heavy (non-hydrogen) atoms. The van der Waals surface area contributed by atoms with Crippen molar-refractivity contribution in [3.8, 4) is 0 Å². The van der Waals surface area contributed by atoms with E-state index in [1.165, 1.54) is 19.3 Å². The molecule has 1 N–H and O–H groups in total. The van der Waals surface area contributed by atoms with E-state index in [-0.39, 0.29) is 0 Å². The van der Waals surface area contributed by atoms with Crippen molar-refractivity contribution in [2.75, 3.05) is 24.6 Å². The average molecular weight is 261 g/mol. The molecule has 0 heterocycles. The second-order valence-corrected chi connectivity index (χ2v) is 7.61. The van der Waals surface area contributed by atoms with Crippen molar-refractivity contribution in [2.45, 2.75) is 46.0 Å². The second kappa shape index (κ2) is 7.37. The van der Waals surface area contributed by atoms with Crippen molar-refractivity contribution in [3.63, 3.8) is 0 Å². The summed E-state index contributed by atoms with van der Waals surface area (Å²) in [6.45, 7) is 6.02. The van der Waals surface area contributed by atoms with Crippen LogP contribution in [-0.2, 0) is 9.84 Å². The minimum absolute atomic E-state index is 0.290. The van der Waals surface area contributed by atoms with Gasteiger partial charge < -0.3 is 5.32 Å². The first kappa shape index (κ1) is 15.0. The maximum Gasteiger partial charge on any atom is 0.150 e. The number of hydrogen-bond donors (Lipinski definition) is 1. The highest BCUT2D eigenvalue weighted by atomic mass is 32.2. The van der Waals surface area contributed by atoms with Gasteiger partial charge in [-0.1, -0.05) is 26.7 Å². The third-order valence-electron chi connectivity index (χ3n) is 3.94. The van der Waals surface area contributed by atoms with E-state index in [1.54, 1.807) is 6.92 Å². The largest absolute Gasteiger partial charge is 0.317 e. The van der Waals surface area contributed by atoms with Crippen LogP contribution in [-0.4, -0.2) is 33.0 Å². The second-order valence-electron chi connectivity index (χ2n) is 5.14. The molecule has 102 valence electrons. The van der Waals surface area contributed by atoms with Gasteiger partial charge in [0.25, 0.3) is 0 Å². The Hall–Kier alpha value is -0.0900. The van der Waals surface area contributed by atoms with Gasteiger partial charge in [-0.25, -0.2) is 8.42 Å². The normalized spacial score (nSPS) is 25.3. The molecule has 0 aromatic heterocycles. The first-order chi connectivity index (χ1) is 8.09. The fraction of sp³-hybridized carbons (Fsp3) is 1.00. The third-order valence-corrected chi connectivity index (χ3v) is 5.73. The summed E-state index contributed by atoms with van der Waals surface area (Å²) in [5.41, 5.74) is 0. The van der Waals surface area contributed by atoms with E-state index in [9.17, 15) is 8.42 Å². The van der Waals surface area contributed by atoms with Crippen LogP contribution in [0.25, 0.3) is 0 Å². The summed E-state index contributed by atoms with van der Waals surface area (Å²) in [5.74, 6) is 2.20. The van der Waals surface area contributed by atoms with E-state index in [1.807, 2.05) is 0 Å². The number of nitrogens with one attached hydrogen (secondary N) is 1. The van der Waals surface area contributed by atoms with E-state index < -0.39 is 9.84 Å². The highest BCUT2D eigenvalue weighted by molar-refractivity contribution is 7.91. The Balaban J connectivity index is 2.26. The summed E-state index contributed by atoms with van der Waals surface area (Å²) in [6, 6.07) is 0. The van der Waals surface area contributed by atoms with Crippen LogP contribution < -0.4 is 5.32 Å². The lowest BCUT2D eigenvalue weighted by atomic mass is 9.92. The maximum absolute atomic E-state index is 11.4. The molecule has 0 aromatic rings. The summed E-state index contributed by atoms with van der Waals surface area (Å²) < 4.78 is 22.8. The predicted octanol–water partition coefficient (Wildman–Crippen LogP) is 2.23. The fourth-order valence-corrected chi connectivity index (χ4v) is 3.70. The molecule has 3 nitrogen and oxygen atoms in total. The molecular weight excluding hydrogens is 234 g/mol. The zero-order chi connectivity index (χ0) is 12.7. The van der Waals surface area contributed by atoms with Crippen molar-refractivity contribution >= 4 is 9.84 Å². The maximum atomic E-state index is 11.4. The molecular formula is C13H27NO2S. The fourth-order valence-electron chi connectivity index (χ4n) is 2.80. The molecule has 1 fully saturated rings. The zero-order valence-corrected chi connectivity index (χ0v) is 12.1. The molecule has 1 saturated carbocycles. The van der Waals surface area contributed by atoms with Crippen LogP contribution in [0.4, 0.5) is 0 Å². The van der Waals surface area contributed by atoms with Crippen molar-refractivity contribution in [3.05, 3.63) is 0 Å². The van der Waals surface area contributed by atoms with Gasteiger partial charge in [0, 0.05) is 5.75 Å². The first-order valence-electron chi connectivity index (χ1n) is 7.00. The molecule has 0 amide bonds. The van der Waals surface area contributed by atoms with Gasteiger partial charge >= 0.3 is 0 Å². The van der Waals surface area contributed by atoms with Crippen molar-refractivity contribution in [1.29, 1.82) is 0 Å². The zero-order valence-electron chi connectivity index (χ0n) is 11.2. The quantitative estimate of drug-likeness (QED) is 0.729. The summed E-state index contributed by atoms with van der Waals surface area (Å²) >= 11 is 0. The van der Waals surface area contributed by atoms with E-state index in [4.69, 9.17) is 0 Å². The molecule has 1 rings (SSSR count). The number of rotatable bonds is 8. The molecule has 0 aromatic carbocycles. The lowest BCUT2D eigenvalue weighted by molar-refractivity contribution is 0.347. The van der Waals surface area contributed by atoms with Crippen LogP contribution in [0.15, 0.2) is 0 Å². The standard InChI is InChI=1S/C13H27NO2S/c1-3-14-11-13-8-5-7-12(13)9-6-10-17(15,16)4-2/h12-14H,3-11H2,1-2H3. The molecule has 0 aliphatic heterocycles. The van der Waals surface area contributed by atoms with Crippen molar-refractivity contribution in [2.24, 2.45) is 11.8 Å². The Morgan fingerprint density at radius 2 is 1.88 bits per heavy atom. The Kier molecular flexibility index (Phi) is 6.49. The van der Waals surface area contributed by atoms with E-state index in [0.29, 0.717) is 11.5 Å². The minimum atomic E-state index is -2.76. The Morgan fingerprint density at radius 1 is 1.18 bits per heavy atom. The monoisotopic (exact) mass is 261 g/mol. The summed E-state index contributed by atoms with van der Waals surface area (Å²) in [6.07, 6.45) is 5.88. The summed E-state index contributed by atoms with van der Waals surface area (Å²) in [5, 5.41) is 3.42. The smallest absolute Gasteiger partial charge is 0.150 e. The number of hydrogen-bond acceptors (Lipinski definition) is 3. The van der Waals surface area contributed by atoms with E-state index in [0.717, 1.165) is 37.8 Å². The molecule has 2 unspecified atom stereocenters. The van der Waals surface area contributed by atoms with Crippen molar-refractivity contribution in [1.82, 2.24) is 5.32 Å². The van der Waals surface area contributed by atoms with Crippen LogP contribution in [0.3, 0.4) is 0 Å². The van der Waals surface area contributed by atoms with Crippen molar-refractivity contribution < 1.29 is 8.42 Å². The summed E-state index contributed by atoms with van der Waals surface area (Å²) in [7, 11) is -2.76. The van der Waals surface area contributed by atoms with Gasteiger partial charge in [0.2, 0.25) is 0 Å². The van der Waals surface area contributed by atoms with Crippen LogP contribution in [0, 0.1) is 11.8 Å². The highest BCUT2D eigenvalue weighted by Gasteiger charge is 2.26. The predicted molar refractivity (Wildman–Crippen MR) is 72.9 cm³/mol. The lowest BCUT2D eigenvalue weighted by Crippen LogP contribution is -2.25. The van der Waals surface area contributed by atoms with Gasteiger partial charge in [-0.05, 0) is 44.2 Å². The molecule has 4 heteroatoms. The van der Waals surface area contributed by atoms with Gasteiger partial charge in [0.1, 0.15) is 9.84 Å². The topological polar surface area (TPSA) is 46.2 Å². The molecule has 1 aliphatic rings. The Labute approximate surface area is 106 Å². The SMILES string of the molecule is CCNCC1CCCC1CCCS(=O)(=O)CC. The van der Waals surface area contributed by atoms with Crippen LogP contribution in [0.2, 0.25) is 0 Å². The van der Waals surface area contributed by atoms with Gasteiger partial charge in [-0.2, -0.15) is 0 Å². The third kappa shape index (κ3) is 5.38. The molecule has 2 atom stereocenters. The lowest BCUT2D eigenvalue weighted by Gasteiger charge is -2.19. The Morgan fingerprint density at radius 3 is 2.53 bits per heavy atom. The van der Waals surface area contributed by atoms with E-state index in [2.05, 4.69) is 12.2 Å². The number of sulfone groups is 1. The van der Waals surface area contributed by atoms with Crippen LogP contribution >= 0.6 is 0 Å². The van der Waals surface area contributed by atoms with E-state index >= 15 is 0 Å². The van der Waals surface area contributed by atoms with Crippen LogP contribution in [0.1, 0.15) is 46.0 Å². The molecule has 0 bridgehead atoms. The molecule has 1 aliphatic carbocycles. The molecule has 0 saturated heterocycles. The Bertz CT molecular complexity index is 301. The summed E-state index contributed by atoms with van der Waals surface area (Å²) in [4.78, 5) is 0.